The van der Waals surface area contributed by atoms with Gasteiger partial charge in [-0.05, 0) is 39.8 Å². The largest absolute Gasteiger partial charge is 0.492 e. The maximum atomic E-state index is 5.64. The molecule has 1 nitrogen and oxygen atoms in total. The first-order valence-electron chi connectivity index (χ1n) is 5.08. The highest BCUT2D eigenvalue weighted by Crippen LogP contribution is 2.16. The van der Waals surface area contributed by atoms with Gasteiger partial charge in [-0.2, -0.15) is 0 Å². The number of allylic oxidation sites excluding steroid dienone is 4. The van der Waals surface area contributed by atoms with Crippen LogP contribution in [0.1, 0.15) is 27.7 Å². The average Bonchev–Trinajstić information content (AvgIpc) is 2.15. The van der Waals surface area contributed by atoms with Gasteiger partial charge in [0.2, 0.25) is 0 Å². The van der Waals surface area contributed by atoms with E-state index < -0.39 is 0 Å². The molecule has 0 N–H and O–H groups in total. The van der Waals surface area contributed by atoms with E-state index in [0.29, 0.717) is 6.61 Å². The first-order chi connectivity index (χ1) is 7.05. The SMILES string of the molecule is C=C/C=C(\C=C/C)OCC(C)(C)C#CC. The molecule has 0 aromatic heterocycles. The summed E-state index contributed by atoms with van der Waals surface area (Å²) in [4.78, 5) is 0. The molecule has 0 aliphatic rings. The molecule has 0 fully saturated rings. The zero-order chi connectivity index (χ0) is 11.7. The topological polar surface area (TPSA) is 9.23 Å². The Kier molecular flexibility index (Phi) is 6.29. The molecule has 0 aliphatic heterocycles. The first kappa shape index (κ1) is 13.6. The normalized spacial score (nSPS) is 12.1. The second kappa shape index (κ2) is 6.95. The van der Waals surface area contributed by atoms with Crippen LogP contribution in [0, 0.1) is 17.3 Å². The van der Waals surface area contributed by atoms with Crippen molar-refractivity contribution in [3.8, 4) is 11.8 Å². The molecular weight excluding hydrogens is 184 g/mol. The fourth-order valence-electron chi connectivity index (χ4n) is 1.07. The van der Waals surface area contributed by atoms with Crippen molar-refractivity contribution in [3.63, 3.8) is 0 Å². The summed E-state index contributed by atoms with van der Waals surface area (Å²) in [5.74, 6) is 6.84. The number of hydrogen-bond donors (Lipinski definition) is 0. The van der Waals surface area contributed by atoms with Crippen molar-refractivity contribution in [1.29, 1.82) is 0 Å². The molecule has 0 aromatic rings. The Bertz CT molecular complexity index is 308. The molecule has 0 aromatic carbocycles. The molecule has 0 saturated carbocycles. The molecule has 0 amide bonds. The van der Waals surface area contributed by atoms with E-state index in [0.717, 1.165) is 5.76 Å². The summed E-state index contributed by atoms with van der Waals surface area (Å²) in [5, 5.41) is 0. The number of rotatable bonds is 5. The van der Waals surface area contributed by atoms with Gasteiger partial charge in [0.15, 0.2) is 0 Å². The lowest BCUT2D eigenvalue weighted by Gasteiger charge is -2.18. The maximum absolute atomic E-state index is 5.64. The first-order valence-corrected chi connectivity index (χ1v) is 5.08. The Hall–Kier alpha value is -1.42. The van der Waals surface area contributed by atoms with E-state index in [9.17, 15) is 0 Å². The third kappa shape index (κ3) is 6.62. The van der Waals surface area contributed by atoms with Gasteiger partial charge >= 0.3 is 0 Å². The highest BCUT2D eigenvalue weighted by Gasteiger charge is 2.15. The van der Waals surface area contributed by atoms with Crippen molar-refractivity contribution in [1.82, 2.24) is 0 Å². The van der Waals surface area contributed by atoms with Crippen molar-refractivity contribution < 1.29 is 4.74 Å². The lowest BCUT2D eigenvalue weighted by atomic mass is 9.96. The molecule has 0 atom stereocenters. The lowest BCUT2D eigenvalue weighted by molar-refractivity contribution is 0.158. The summed E-state index contributed by atoms with van der Waals surface area (Å²) in [6, 6.07) is 0. The van der Waals surface area contributed by atoms with E-state index in [1.54, 1.807) is 6.08 Å². The van der Waals surface area contributed by atoms with Gasteiger partial charge in [-0.1, -0.05) is 24.7 Å². The molecule has 0 heterocycles. The van der Waals surface area contributed by atoms with E-state index in [1.165, 1.54) is 0 Å². The molecule has 0 radical (unpaired) electrons. The van der Waals surface area contributed by atoms with Gasteiger partial charge in [-0.15, -0.1) is 5.92 Å². The third-order valence-corrected chi connectivity index (χ3v) is 1.68. The molecule has 1 heteroatoms. The lowest BCUT2D eigenvalue weighted by Crippen LogP contribution is -2.16. The van der Waals surface area contributed by atoms with Crippen LogP contribution < -0.4 is 0 Å². The fourth-order valence-corrected chi connectivity index (χ4v) is 1.07. The zero-order valence-corrected chi connectivity index (χ0v) is 10.1. The van der Waals surface area contributed by atoms with Crippen molar-refractivity contribution in [3.05, 3.63) is 36.6 Å². The zero-order valence-electron chi connectivity index (χ0n) is 10.1. The van der Waals surface area contributed by atoms with Crippen molar-refractivity contribution in [2.45, 2.75) is 27.7 Å². The summed E-state index contributed by atoms with van der Waals surface area (Å²) < 4.78 is 5.64. The Morgan fingerprint density at radius 1 is 1.47 bits per heavy atom. The highest BCUT2D eigenvalue weighted by molar-refractivity contribution is 5.17. The monoisotopic (exact) mass is 204 g/mol. The van der Waals surface area contributed by atoms with Crippen LogP contribution in [-0.2, 0) is 4.74 Å². The number of ether oxygens (including phenoxy) is 1. The standard InChI is InChI=1S/C14H20O/c1-6-9-13(10-7-2)15-12-14(4,5)11-8-3/h6-7,9-10H,1,12H2,2-5H3/b10-7-,13-9+. The van der Waals surface area contributed by atoms with Crippen LogP contribution in [-0.4, -0.2) is 6.61 Å². The van der Waals surface area contributed by atoms with E-state index in [1.807, 2.05) is 32.1 Å². The van der Waals surface area contributed by atoms with Crippen molar-refractivity contribution in [2.75, 3.05) is 6.61 Å². The number of hydrogen-bond acceptors (Lipinski definition) is 1. The molecule has 0 rings (SSSR count). The van der Waals surface area contributed by atoms with Crippen molar-refractivity contribution >= 4 is 0 Å². The quantitative estimate of drug-likeness (QED) is 0.377. The van der Waals surface area contributed by atoms with Gasteiger partial charge in [-0.25, -0.2) is 0 Å². The van der Waals surface area contributed by atoms with Crippen LogP contribution in [0.15, 0.2) is 36.6 Å². The molecule has 0 spiro atoms. The van der Waals surface area contributed by atoms with E-state index >= 15 is 0 Å². The Morgan fingerprint density at radius 2 is 2.13 bits per heavy atom. The minimum absolute atomic E-state index is 0.114. The Labute approximate surface area is 93.5 Å². The third-order valence-electron chi connectivity index (χ3n) is 1.68. The predicted molar refractivity (Wildman–Crippen MR) is 66.3 cm³/mol. The summed E-state index contributed by atoms with van der Waals surface area (Å²) in [5.41, 5.74) is -0.114. The predicted octanol–water partition coefficient (Wildman–Crippen LogP) is 3.70. The van der Waals surface area contributed by atoms with Crippen molar-refractivity contribution in [2.24, 2.45) is 5.41 Å². The smallest absolute Gasteiger partial charge is 0.119 e. The van der Waals surface area contributed by atoms with Gasteiger partial charge < -0.3 is 4.74 Å². The van der Waals surface area contributed by atoms with Gasteiger partial charge in [0.25, 0.3) is 0 Å². The minimum atomic E-state index is -0.114. The molecule has 15 heavy (non-hydrogen) atoms. The summed E-state index contributed by atoms with van der Waals surface area (Å²) in [7, 11) is 0. The van der Waals surface area contributed by atoms with Crippen LogP contribution in [0.2, 0.25) is 0 Å². The summed E-state index contributed by atoms with van der Waals surface area (Å²) >= 11 is 0. The van der Waals surface area contributed by atoms with E-state index in [-0.39, 0.29) is 5.41 Å². The average molecular weight is 204 g/mol. The second-order valence-corrected chi connectivity index (χ2v) is 3.85. The summed E-state index contributed by atoms with van der Waals surface area (Å²) in [6.45, 7) is 12.1. The fraction of sp³-hybridized carbons (Fsp3) is 0.429. The molecule has 82 valence electrons. The maximum Gasteiger partial charge on any atom is 0.119 e. The molecule has 0 aliphatic carbocycles. The van der Waals surface area contributed by atoms with Gasteiger partial charge in [0.05, 0.1) is 5.41 Å². The van der Waals surface area contributed by atoms with Crippen LogP contribution in [0.3, 0.4) is 0 Å². The summed E-state index contributed by atoms with van der Waals surface area (Å²) in [6.07, 6.45) is 7.41. The molecule has 0 saturated heterocycles. The molecule has 0 bridgehead atoms. The van der Waals surface area contributed by atoms with Crippen LogP contribution in [0.25, 0.3) is 0 Å². The van der Waals surface area contributed by atoms with Crippen LogP contribution in [0.5, 0.6) is 0 Å². The second-order valence-electron chi connectivity index (χ2n) is 3.85. The van der Waals surface area contributed by atoms with Gasteiger partial charge in [0.1, 0.15) is 12.4 Å². The Morgan fingerprint density at radius 3 is 2.60 bits per heavy atom. The molecule has 0 unspecified atom stereocenters. The van der Waals surface area contributed by atoms with Crippen LogP contribution >= 0.6 is 0 Å². The Balaban J connectivity index is 4.38. The van der Waals surface area contributed by atoms with E-state index in [2.05, 4.69) is 32.3 Å². The minimum Gasteiger partial charge on any atom is -0.492 e. The molecular formula is C14H20O. The van der Waals surface area contributed by atoms with Crippen LogP contribution in [0.4, 0.5) is 0 Å². The van der Waals surface area contributed by atoms with Gasteiger partial charge in [0, 0.05) is 0 Å². The van der Waals surface area contributed by atoms with E-state index in [4.69, 9.17) is 4.74 Å². The van der Waals surface area contributed by atoms with Gasteiger partial charge in [-0.3, -0.25) is 0 Å². The highest BCUT2D eigenvalue weighted by atomic mass is 16.5.